The number of thioether (sulfide) groups is 1. The number of imidazole rings is 1. The van der Waals surface area contributed by atoms with Crippen molar-refractivity contribution < 1.29 is 4.79 Å². The van der Waals surface area contributed by atoms with Crippen LogP contribution in [0.5, 0.6) is 0 Å². The van der Waals surface area contributed by atoms with Crippen LogP contribution in [0.4, 0.5) is 5.69 Å². The largest absolute Gasteiger partial charge is 0.339 e. The van der Waals surface area contributed by atoms with E-state index in [1.54, 1.807) is 31.2 Å². The summed E-state index contributed by atoms with van der Waals surface area (Å²) < 4.78 is 0. The molecule has 0 fully saturated rings. The summed E-state index contributed by atoms with van der Waals surface area (Å²) >= 11 is 7.15. The van der Waals surface area contributed by atoms with Gasteiger partial charge in [0.25, 0.3) is 5.56 Å². The normalized spacial score (nSPS) is 12.3. The number of aromatic nitrogens is 4. The molecule has 0 spiro atoms. The number of carbonyl (C=O) groups excluding carboxylic acids is 1. The third-order valence-corrected chi connectivity index (χ3v) is 4.38. The fraction of sp³-hybridized carbons (Fsp3) is 0.143. The number of carbonyl (C=O) groups is 1. The fourth-order valence-corrected chi connectivity index (χ4v) is 2.87. The van der Waals surface area contributed by atoms with Crippen LogP contribution in [-0.4, -0.2) is 31.1 Å². The molecule has 0 saturated heterocycles. The van der Waals surface area contributed by atoms with Crippen molar-refractivity contribution in [3.05, 3.63) is 46.0 Å². The molecule has 0 aliphatic heterocycles. The van der Waals surface area contributed by atoms with E-state index in [1.807, 2.05) is 0 Å². The van der Waals surface area contributed by atoms with Crippen LogP contribution < -0.4 is 10.9 Å². The Morgan fingerprint density at radius 2 is 2.17 bits per heavy atom. The topological polar surface area (TPSA) is 104 Å². The summed E-state index contributed by atoms with van der Waals surface area (Å²) in [5.41, 5.74) is 0.835. The van der Waals surface area contributed by atoms with Crippen LogP contribution >= 0.6 is 23.4 Å². The van der Waals surface area contributed by atoms with Crippen LogP contribution in [0.1, 0.15) is 6.92 Å². The fourth-order valence-electron chi connectivity index (χ4n) is 1.90. The zero-order chi connectivity index (χ0) is 16.4. The van der Waals surface area contributed by atoms with E-state index in [9.17, 15) is 9.59 Å². The Morgan fingerprint density at radius 1 is 1.39 bits per heavy atom. The van der Waals surface area contributed by atoms with Gasteiger partial charge in [-0.25, -0.2) is 9.97 Å². The number of anilines is 1. The quantitative estimate of drug-likeness (QED) is 0.495. The van der Waals surface area contributed by atoms with Gasteiger partial charge in [0.15, 0.2) is 16.3 Å². The first-order chi connectivity index (χ1) is 11.0. The minimum atomic E-state index is -0.481. The summed E-state index contributed by atoms with van der Waals surface area (Å²) in [6.07, 6.45) is 1.40. The molecule has 2 heterocycles. The van der Waals surface area contributed by atoms with Gasteiger partial charge in [-0.05, 0) is 19.1 Å². The van der Waals surface area contributed by atoms with Crippen molar-refractivity contribution in [3.8, 4) is 0 Å². The van der Waals surface area contributed by atoms with Crippen LogP contribution in [-0.2, 0) is 4.79 Å². The van der Waals surface area contributed by atoms with Crippen LogP contribution in [0.3, 0.4) is 0 Å². The maximum Gasteiger partial charge on any atom is 0.277 e. The van der Waals surface area contributed by atoms with Crippen molar-refractivity contribution in [1.82, 2.24) is 19.9 Å². The van der Waals surface area contributed by atoms with Gasteiger partial charge in [-0.2, -0.15) is 0 Å². The second-order valence-electron chi connectivity index (χ2n) is 4.70. The van der Waals surface area contributed by atoms with Gasteiger partial charge in [0.05, 0.1) is 22.3 Å². The lowest BCUT2D eigenvalue weighted by Crippen LogP contribution is -2.23. The number of halogens is 1. The maximum atomic E-state index is 12.2. The van der Waals surface area contributed by atoms with Gasteiger partial charge in [-0.1, -0.05) is 35.5 Å². The molecule has 0 aliphatic carbocycles. The molecule has 118 valence electrons. The minimum absolute atomic E-state index is 0.243. The van der Waals surface area contributed by atoms with Crippen LogP contribution in [0.15, 0.2) is 40.5 Å². The average Bonchev–Trinajstić information content (AvgIpc) is 2.98. The Balaban J connectivity index is 1.75. The zero-order valence-electron chi connectivity index (χ0n) is 12.0. The van der Waals surface area contributed by atoms with E-state index in [2.05, 4.69) is 25.3 Å². The molecular weight excluding hydrogens is 338 g/mol. The van der Waals surface area contributed by atoms with Crippen LogP contribution in [0.2, 0.25) is 5.02 Å². The molecule has 0 unspecified atom stereocenters. The van der Waals surface area contributed by atoms with E-state index in [-0.39, 0.29) is 11.5 Å². The molecule has 0 aliphatic rings. The van der Waals surface area contributed by atoms with Gasteiger partial charge >= 0.3 is 0 Å². The highest BCUT2D eigenvalue weighted by atomic mass is 35.5. The smallest absolute Gasteiger partial charge is 0.277 e. The van der Waals surface area contributed by atoms with Crippen molar-refractivity contribution in [2.45, 2.75) is 17.3 Å². The summed E-state index contributed by atoms with van der Waals surface area (Å²) in [4.78, 5) is 37.6. The number of nitrogens with zero attached hydrogens (tertiary/aromatic N) is 2. The molecule has 0 radical (unpaired) electrons. The summed E-state index contributed by atoms with van der Waals surface area (Å²) in [5.74, 6) is -0.243. The first-order valence-corrected chi connectivity index (χ1v) is 7.96. The lowest BCUT2D eigenvalue weighted by atomic mass is 10.3. The molecular formula is C14H12ClN5O2S. The van der Waals surface area contributed by atoms with Crippen LogP contribution in [0, 0.1) is 0 Å². The first-order valence-electron chi connectivity index (χ1n) is 6.70. The molecule has 1 aromatic carbocycles. The van der Waals surface area contributed by atoms with Crippen molar-refractivity contribution in [3.63, 3.8) is 0 Å². The van der Waals surface area contributed by atoms with E-state index in [0.29, 0.717) is 27.0 Å². The van der Waals surface area contributed by atoms with Gasteiger partial charge < -0.3 is 10.3 Å². The van der Waals surface area contributed by atoms with E-state index in [1.165, 1.54) is 6.33 Å². The average molecular weight is 350 g/mol. The van der Waals surface area contributed by atoms with Gasteiger partial charge in [0.2, 0.25) is 5.91 Å². The van der Waals surface area contributed by atoms with Crippen LogP contribution in [0.25, 0.3) is 11.2 Å². The molecule has 9 heteroatoms. The predicted molar refractivity (Wildman–Crippen MR) is 89.9 cm³/mol. The Labute approximate surface area is 139 Å². The summed E-state index contributed by atoms with van der Waals surface area (Å²) in [7, 11) is 0. The standard InChI is InChI=1S/C14H12ClN5O2S/c1-7(12(21)18-9-5-3-2-4-8(9)15)23-14-19-11-10(13(22)20-14)16-6-17-11/h2-7H,1H3,(H,18,21)(H2,16,17,19,20,22)/t7-/m1/s1. The lowest BCUT2D eigenvalue weighted by Gasteiger charge is -2.12. The molecule has 0 saturated carbocycles. The van der Waals surface area contributed by atoms with Crippen molar-refractivity contribution >= 4 is 46.1 Å². The highest BCUT2D eigenvalue weighted by molar-refractivity contribution is 8.00. The number of hydrogen-bond donors (Lipinski definition) is 3. The van der Waals surface area contributed by atoms with Crippen molar-refractivity contribution in [2.75, 3.05) is 5.32 Å². The number of aromatic amines is 2. The molecule has 3 N–H and O–H groups in total. The van der Waals surface area contributed by atoms with E-state index < -0.39 is 5.25 Å². The highest BCUT2D eigenvalue weighted by Gasteiger charge is 2.18. The Hall–Kier alpha value is -2.32. The molecule has 23 heavy (non-hydrogen) atoms. The van der Waals surface area contributed by atoms with Gasteiger partial charge in [0.1, 0.15) is 0 Å². The minimum Gasteiger partial charge on any atom is -0.339 e. The summed E-state index contributed by atoms with van der Waals surface area (Å²) in [6, 6.07) is 6.97. The SMILES string of the molecule is C[C@@H](Sc1nc2nc[nH]c2c(=O)[nH]1)C(=O)Nc1ccccc1Cl. The Morgan fingerprint density at radius 3 is 2.96 bits per heavy atom. The summed E-state index contributed by atoms with van der Waals surface area (Å²) in [6.45, 7) is 1.71. The molecule has 2 aromatic heterocycles. The van der Waals surface area contributed by atoms with Crippen molar-refractivity contribution in [2.24, 2.45) is 0 Å². The number of benzene rings is 1. The Bertz CT molecular complexity index is 923. The molecule has 1 amide bonds. The lowest BCUT2D eigenvalue weighted by molar-refractivity contribution is -0.115. The predicted octanol–water partition coefficient (Wildman–Crippen LogP) is 2.42. The van der Waals surface area contributed by atoms with Gasteiger partial charge in [0, 0.05) is 0 Å². The maximum absolute atomic E-state index is 12.2. The molecule has 3 aromatic rings. The van der Waals surface area contributed by atoms with Crippen molar-refractivity contribution in [1.29, 1.82) is 0 Å². The van der Waals surface area contributed by atoms with Gasteiger partial charge in [-0.15, -0.1) is 0 Å². The molecule has 3 rings (SSSR count). The number of hydrogen-bond acceptors (Lipinski definition) is 5. The third kappa shape index (κ3) is 3.38. The monoisotopic (exact) mass is 349 g/mol. The second-order valence-corrected chi connectivity index (χ2v) is 6.44. The van der Waals surface area contributed by atoms with E-state index in [0.717, 1.165) is 11.8 Å². The zero-order valence-corrected chi connectivity index (χ0v) is 13.5. The van der Waals surface area contributed by atoms with E-state index in [4.69, 9.17) is 11.6 Å². The molecule has 7 nitrogen and oxygen atoms in total. The highest BCUT2D eigenvalue weighted by Crippen LogP contribution is 2.24. The van der Waals surface area contributed by atoms with E-state index >= 15 is 0 Å². The molecule has 1 atom stereocenters. The molecule has 0 bridgehead atoms. The number of nitrogens with one attached hydrogen (secondary N) is 3. The first kappa shape index (κ1) is 15.6. The number of amides is 1. The number of fused-ring (bicyclic) bond motifs is 1. The Kier molecular flexibility index (Phi) is 4.35. The van der Waals surface area contributed by atoms with Gasteiger partial charge in [-0.3, -0.25) is 14.6 Å². The number of rotatable bonds is 4. The summed E-state index contributed by atoms with van der Waals surface area (Å²) in [5, 5.41) is 3.05. The number of para-hydroxylation sites is 1. The second kappa shape index (κ2) is 6.43. The number of H-pyrrole nitrogens is 2. The third-order valence-electron chi connectivity index (χ3n) is 3.06.